The standard InChI is InChI=1S/C44H50N10O7/c1-23(2)36(50-43(57)60-6)41(55)52-15-7-9-33(52)39-46-20-30(48-39)25-12-14-32-28(17-25)29(19-45)38-27-13-11-26(18-35(27)61-22-54(32)38)31-21-47-40(49-31)34-10-8-16-53(34)42(56)37(24(3)4)51(5)44(58)59/h11-14,17-18,20-21,23-24,33-34,36-37H,7-10,15-16,22H2,1-6H3,(H,46,48)(H,47,49)(H,50,57)(H,58,59)/t33-,34-,36-,37-/m0/s1. The van der Waals surface area contributed by atoms with Gasteiger partial charge in [-0.3, -0.25) is 14.5 Å². The molecule has 3 aliphatic rings. The highest BCUT2D eigenvalue weighted by molar-refractivity contribution is 5.98. The van der Waals surface area contributed by atoms with E-state index in [4.69, 9.17) is 14.5 Å². The molecule has 318 valence electrons. The Balaban J connectivity index is 1.04. The SMILES string of the molecule is COC(=O)N[C@H](C(=O)N1CCC[C@H]1c1ncc(-c2ccc3c(c2)c(C#N)c2n3COc3cc(-c4cnc([C@@H]5CCCN5C(=O)[C@H](C(C)C)N(C)C(=O)O)[nH]4)ccc3-2)[nH]1)C(C)C. The van der Waals surface area contributed by atoms with Crippen molar-refractivity contribution in [3.05, 3.63) is 66.0 Å². The minimum Gasteiger partial charge on any atom is -0.472 e. The van der Waals surface area contributed by atoms with Crippen molar-refractivity contribution in [2.75, 3.05) is 27.2 Å². The van der Waals surface area contributed by atoms with E-state index in [2.05, 4.69) is 26.3 Å². The fourth-order valence-corrected chi connectivity index (χ4v) is 9.19. The number of nitriles is 1. The highest BCUT2D eigenvalue weighted by atomic mass is 16.5. The highest BCUT2D eigenvalue weighted by Crippen LogP contribution is 2.44. The number of H-pyrrole nitrogens is 2. The van der Waals surface area contributed by atoms with Crippen LogP contribution in [0.1, 0.15) is 82.7 Å². The lowest BCUT2D eigenvalue weighted by Gasteiger charge is -2.33. The Morgan fingerprint density at radius 1 is 0.918 bits per heavy atom. The molecule has 5 aromatic rings. The minimum atomic E-state index is -1.15. The topological polar surface area (TPSA) is 215 Å². The van der Waals surface area contributed by atoms with E-state index in [1.807, 2.05) is 68.7 Å². The van der Waals surface area contributed by atoms with Crippen LogP contribution in [-0.4, -0.2) is 108 Å². The lowest BCUT2D eigenvalue weighted by atomic mass is 10.0. The third kappa shape index (κ3) is 7.29. The molecule has 4 atom stereocenters. The maximum absolute atomic E-state index is 13.7. The van der Waals surface area contributed by atoms with Gasteiger partial charge in [-0.15, -0.1) is 0 Å². The molecule has 17 nitrogen and oxygen atoms in total. The van der Waals surface area contributed by atoms with Crippen LogP contribution in [0.5, 0.6) is 5.75 Å². The normalized spacial score (nSPS) is 18.1. The average Bonchev–Trinajstić information content (AvgIpc) is 4.10. The predicted molar refractivity (Wildman–Crippen MR) is 224 cm³/mol. The smallest absolute Gasteiger partial charge is 0.407 e. The molecule has 8 rings (SSSR count). The number of hydrogen-bond donors (Lipinski definition) is 4. The van der Waals surface area contributed by atoms with Gasteiger partial charge in [0.25, 0.3) is 0 Å². The van der Waals surface area contributed by atoms with Crippen LogP contribution in [-0.2, 0) is 21.1 Å². The monoisotopic (exact) mass is 830 g/mol. The number of aromatic amines is 2. The fraction of sp³-hybridized carbons (Fsp3) is 0.432. The van der Waals surface area contributed by atoms with Gasteiger partial charge >= 0.3 is 12.2 Å². The summed E-state index contributed by atoms with van der Waals surface area (Å²) in [5, 5.41) is 23.7. The number of fused-ring (bicyclic) bond motifs is 5. The van der Waals surface area contributed by atoms with Crippen LogP contribution in [0.25, 0.3) is 44.7 Å². The quantitative estimate of drug-likeness (QED) is 0.118. The Morgan fingerprint density at radius 3 is 2.10 bits per heavy atom. The average molecular weight is 831 g/mol. The van der Waals surface area contributed by atoms with Crippen LogP contribution in [0.4, 0.5) is 9.59 Å². The molecule has 2 aromatic carbocycles. The number of alkyl carbamates (subject to hydrolysis) is 1. The summed E-state index contributed by atoms with van der Waals surface area (Å²) in [6.45, 7) is 8.71. The first-order valence-electron chi connectivity index (χ1n) is 20.7. The van der Waals surface area contributed by atoms with Gasteiger partial charge in [-0.25, -0.2) is 19.6 Å². The van der Waals surface area contributed by atoms with E-state index in [-0.39, 0.29) is 42.5 Å². The number of carboxylic acid groups (broad SMARTS) is 1. The number of carbonyl (C=O) groups is 4. The van der Waals surface area contributed by atoms with E-state index in [1.54, 1.807) is 22.2 Å². The maximum Gasteiger partial charge on any atom is 0.407 e. The van der Waals surface area contributed by atoms with E-state index < -0.39 is 24.3 Å². The van der Waals surface area contributed by atoms with Gasteiger partial charge in [-0.2, -0.15) is 5.26 Å². The third-order valence-electron chi connectivity index (χ3n) is 12.3. The number of likely N-dealkylation sites (tertiary alicyclic amines) is 2. The number of nitrogens with one attached hydrogen (secondary N) is 3. The molecule has 0 saturated carbocycles. The number of benzene rings is 2. The van der Waals surface area contributed by atoms with E-state index in [0.717, 1.165) is 68.8 Å². The number of rotatable bonds is 10. The first-order chi connectivity index (χ1) is 29.3. The molecule has 3 aromatic heterocycles. The summed E-state index contributed by atoms with van der Waals surface area (Å²) in [6, 6.07) is 12.1. The second kappa shape index (κ2) is 16.3. The lowest BCUT2D eigenvalue weighted by Crippen LogP contribution is -2.51. The Bertz CT molecular complexity index is 2570. The fourth-order valence-electron chi connectivity index (χ4n) is 9.19. The zero-order chi connectivity index (χ0) is 43.3. The molecule has 0 radical (unpaired) electrons. The Labute approximate surface area is 352 Å². The summed E-state index contributed by atoms with van der Waals surface area (Å²) in [6.07, 6.45) is 4.68. The molecule has 17 heteroatoms. The number of amides is 4. The zero-order valence-electron chi connectivity index (χ0n) is 35.1. The van der Waals surface area contributed by atoms with Crippen LogP contribution in [0, 0.1) is 23.2 Å². The summed E-state index contributed by atoms with van der Waals surface area (Å²) in [5.74, 6) is 1.13. The third-order valence-corrected chi connectivity index (χ3v) is 12.3. The van der Waals surface area contributed by atoms with Crippen molar-refractivity contribution in [2.24, 2.45) is 11.8 Å². The van der Waals surface area contributed by atoms with Crippen molar-refractivity contribution in [2.45, 2.75) is 84.3 Å². The molecule has 3 aliphatic heterocycles. The molecule has 61 heavy (non-hydrogen) atoms. The van der Waals surface area contributed by atoms with Gasteiger partial charge < -0.3 is 44.2 Å². The van der Waals surface area contributed by atoms with Crippen LogP contribution >= 0.6 is 0 Å². The van der Waals surface area contributed by atoms with Crippen molar-refractivity contribution in [1.29, 1.82) is 5.26 Å². The van der Waals surface area contributed by atoms with E-state index in [1.165, 1.54) is 14.2 Å². The van der Waals surface area contributed by atoms with Crippen LogP contribution in [0.3, 0.4) is 0 Å². The number of carbonyl (C=O) groups excluding carboxylic acids is 3. The largest absolute Gasteiger partial charge is 0.472 e. The highest BCUT2D eigenvalue weighted by Gasteiger charge is 2.40. The van der Waals surface area contributed by atoms with Crippen molar-refractivity contribution in [3.63, 3.8) is 0 Å². The lowest BCUT2D eigenvalue weighted by molar-refractivity contribution is -0.138. The summed E-state index contributed by atoms with van der Waals surface area (Å²) in [4.78, 5) is 72.1. The summed E-state index contributed by atoms with van der Waals surface area (Å²) in [5.41, 5.74) is 6.02. The molecule has 6 heterocycles. The second-order valence-corrected chi connectivity index (χ2v) is 16.7. The number of aromatic nitrogens is 5. The molecule has 0 spiro atoms. The van der Waals surface area contributed by atoms with Gasteiger partial charge in [-0.1, -0.05) is 39.8 Å². The van der Waals surface area contributed by atoms with Gasteiger partial charge in [-0.05, 0) is 61.8 Å². The summed E-state index contributed by atoms with van der Waals surface area (Å²) >= 11 is 0. The van der Waals surface area contributed by atoms with E-state index in [0.29, 0.717) is 42.5 Å². The van der Waals surface area contributed by atoms with E-state index in [9.17, 15) is 29.5 Å². The zero-order valence-corrected chi connectivity index (χ0v) is 35.1. The van der Waals surface area contributed by atoms with Crippen molar-refractivity contribution in [1.82, 2.24) is 44.5 Å². The molecular weight excluding hydrogens is 781 g/mol. The Hall–Kier alpha value is -6.83. The van der Waals surface area contributed by atoms with Gasteiger partial charge in [0.1, 0.15) is 35.6 Å². The predicted octanol–water partition coefficient (Wildman–Crippen LogP) is 6.65. The molecule has 4 amide bonds. The number of imidazole rings is 2. The second-order valence-electron chi connectivity index (χ2n) is 16.7. The van der Waals surface area contributed by atoms with Crippen LogP contribution in [0.15, 0.2) is 48.8 Å². The Morgan fingerprint density at radius 2 is 1.52 bits per heavy atom. The van der Waals surface area contributed by atoms with Crippen LogP contribution < -0.4 is 10.1 Å². The number of likely N-dealkylation sites (N-methyl/N-ethyl adjacent to an activating group) is 1. The van der Waals surface area contributed by atoms with Gasteiger partial charge in [0.2, 0.25) is 11.8 Å². The minimum absolute atomic E-state index is 0.146. The molecule has 2 fully saturated rings. The number of methoxy groups -OCH3 is 1. The first kappa shape index (κ1) is 40.9. The number of ether oxygens (including phenoxy) is 2. The summed E-state index contributed by atoms with van der Waals surface area (Å²) < 4.78 is 13.1. The van der Waals surface area contributed by atoms with Gasteiger partial charge in [0.15, 0.2) is 6.73 Å². The van der Waals surface area contributed by atoms with Crippen molar-refractivity contribution in [3.8, 4) is 45.6 Å². The summed E-state index contributed by atoms with van der Waals surface area (Å²) in [7, 11) is 2.71. The molecular formula is C44H50N10O7. The molecule has 0 aliphatic carbocycles. The van der Waals surface area contributed by atoms with Crippen LogP contribution in [0.2, 0.25) is 0 Å². The van der Waals surface area contributed by atoms with Gasteiger partial charge in [0, 0.05) is 42.2 Å². The molecule has 2 saturated heterocycles. The number of nitrogens with zero attached hydrogens (tertiary/aromatic N) is 7. The number of hydrogen-bond acceptors (Lipinski definition) is 9. The van der Waals surface area contributed by atoms with Crippen molar-refractivity contribution >= 4 is 34.9 Å². The Kier molecular flexibility index (Phi) is 10.9. The molecule has 0 bridgehead atoms. The first-order valence-corrected chi connectivity index (χ1v) is 20.7. The maximum atomic E-state index is 13.7. The molecule has 4 N–H and O–H groups in total. The van der Waals surface area contributed by atoms with Gasteiger partial charge in [0.05, 0.1) is 59.7 Å². The van der Waals surface area contributed by atoms with Crippen molar-refractivity contribution < 1.29 is 33.8 Å². The van der Waals surface area contributed by atoms with E-state index >= 15 is 0 Å². The molecule has 0 unspecified atom stereocenters.